The van der Waals surface area contributed by atoms with E-state index in [2.05, 4.69) is 14.9 Å². The SMILES string of the molecule is COc1cc2c(cc1OC)CN(C(=O)NCc1cn3c(n1)SCC3)CC2. The molecule has 2 aliphatic heterocycles. The van der Waals surface area contributed by atoms with Gasteiger partial charge in [0.15, 0.2) is 16.7 Å². The summed E-state index contributed by atoms with van der Waals surface area (Å²) in [6.45, 7) is 2.70. The Hall–Kier alpha value is -2.35. The summed E-state index contributed by atoms with van der Waals surface area (Å²) in [6, 6.07) is 3.91. The molecular formula is C18H22N4O3S. The van der Waals surface area contributed by atoms with Gasteiger partial charge in [-0.25, -0.2) is 9.78 Å². The Morgan fingerprint density at radius 3 is 2.73 bits per heavy atom. The molecule has 8 heteroatoms. The summed E-state index contributed by atoms with van der Waals surface area (Å²) in [4.78, 5) is 18.9. The number of nitrogens with one attached hydrogen (secondary N) is 1. The maximum Gasteiger partial charge on any atom is 0.318 e. The Morgan fingerprint density at radius 2 is 2.00 bits per heavy atom. The number of ether oxygens (including phenoxy) is 2. The fourth-order valence-electron chi connectivity index (χ4n) is 3.38. The first-order valence-electron chi connectivity index (χ1n) is 8.63. The number of aromatic nitrogens is 2. The molecule has 0 fully saturated rings. The molecule has 2 aliphatic rings. The summed E-state index contributed by atoms with van der Waals surface area (Å²) in [6.07, 6.45) is 2.83. The summed E-state index contributed by atoms with van der Waals surface area (Å²) >= 11 is 1.76. The van der Waals surface area contributed by atoms with Gasteiger partial charge >= 0.3 is 6.03 Å². The molecule has 2 amide bonds. The van der Waals surface area contributed by atoms with Crippen LogP contribution in [0.2, 0.25) is 0 Å². The molecular weight excluding hydrogens is 352 g/mol. The second kappa shape index (κ2) is 7.11. The Balaban J connectivity index is 1.40. The zero-order valence-corrected chi connectivity index (χ0v) is 15.8. The maximum atomic E-state index is 12.6. The average molecular weight is 374 g/mol. The molecule has 138 valence electrons. The lowest BCUT2D eigenvalue weighted by Gasteiger charge is -2.29. The molecule has 0 radical (unpaired) electrons. The minimum atomic E-state index is -0.0637. The van der Waals surface area contributed by atoms with Gasteiger partial charge in [0.25, 0.3) is 0 Å². The molecule has 1 aromatic heterocycles. The number of nitrogens with zero attached hydrogens (tertiary/aromatic N) is 3. The van der Waals surface area contributed by atoms with Crippen LogP contribution in [-0.2, 0) is 26.1 Å². The molecule has 0 unspecified atom stereocenters. The number of urea groups is 1. The van der Waals surface area contributed by atoms with Crippen molar-refractivity contribution in [2.75, 3.05) is 26.5 Å². The molecule has 1 aromatic carbocycles. The normalized spacial score (nSPS) is 15.4. The number of methoxy groups -OCH3 is 2. The number of fused-ring (bicyclic) bond motifs is 2. The van der Waals surface area contributed by atoms with Gasteiger partial charge in [-0.15, -0.1) is 0 Å². The van der Waals surface area contributed by atoms with Crippen LogP contribution in [0.15, 0.2) is 23.5 Å². The minimum Gasteiger partial charge on any atom is -0.493 e. The van der Waals surface area contributed by atoms with E-state index in [9.17, 15) is 4.79 Å². The molecule has 1 N–H and O–H groups in total. The zero-order chi connectivity index (χ0) is 18.1. The fraction of sp³-hybridized carbons (Fsp3) is 0.444. The highest BCUT2D eigenvalue weighted by molar-refractivity contribution is 7.99. The number of benzene rings is 1. The number of carbonyl (C=O) groups is 1. The van der Waals surface area contributed by atoms with Crippen LogP contribution in [0.1, 0.15) is 16.8 Å². The van der Waals surface area contributed by atoms with Crippen LogP contribution < -0.4 is 14.8 Å². The number of carbonyl (C=O) groups excluding carboxylic acids is 1. The number of aryl methyl sites for hydroxylation is 1. The lowest BCUT2D eigenvalue weighted by atomic mass is 9.99. The van der Waals surface area contributed by atoms with Crippen molar-refractivity contribution < 1.29 is 14.3 Å². The number of rotatable bonds is 4. The van der Waals surface area contributed by atoms with Gasteiger partial charge in [-0.2, -0.15) is 0 Å². The van der Waals surface area contributed by atoms with E-state index in [1.54, 1.807) is 26.0 Å². The first-order valence-corrected chi connectivity index (χ1v) is 9.62. The number of amides is 2. The highest BCUT2D eigenvalue weighted by atomic mass is 32.2. The second-order valence-electron chi connectivity index (χ2n) is 6.36. The molecule has 3 heterocycles. The number of thioether (sulfide) groups is 1. The molecule has 0 saturated heterocycles. The molecule has 26 heavy (non-hydrogen) atoms. The van der Waals surface area contributed by atoms with E-state index in [1.165, 1.54) is 5.56 Å². The number of imidazole rings is 1. The smallest absolute Gasteiger partial charge is 0.318 e. The lowest BCUT2D eigenvalue weighted by Crippen LogP contribution is -2.42. The number of hydrogen-bond donors (Lipinski definition) is 1. The molecule has 2 aromatic rings. The Morgan fingerprint density at radius 1 is 1.23 bits per heavy atom. The van der Waals surface area contributed by atoms with Gasteiger partial charge in [0.05, 0.1) is 26.5 Å². The molecule has 7 nitrogen and oxygen atoms in total. The molecule has 0 spiro atoms. The zero-order valence-electron chi connectivity index (χ0n) is 14.9. The first kappa shape index (κ1) is 17.1. The lowest BCUT2D eigenvalue weighted by molar-refractivity contribution is 0.191. The average Bonchev–Trinajstić information content (AvgIpc) is 3.26. The van der Waals surface area contributed by atoms with Crippen molar-refractivity contribution in [2.24, 2.45) is 0 Å². The second-order valence-corrected chi connectivity index (χ2v) is 7.42. The van der Waals surface area contributed by atoms with Crippen LogP contribution in [0.5, 0.6) is 11.5 Å². The highest BCUT2D eigenvalue weighted by Gasteiger charge is 2.23. The molecule has 0 saturated carbocycles. The van der Waals surface area contributed by atoms with Crippen molar-refractivity contribution in [1.82, 2.24) is 19.8 Å². The van der Waals surface area contributed by atoms with Crippen LogP contribution >= 0.6 is 11.8 Å². The largest absolute Gasteiger partial charge is 0.493 e. The van der Waals surface area contributed by atoms with E-state index in [4.69, 9.17) is 9.47 Å². The van der Waals surface area contributed by atoms with Crippen LogP contribution in [0.3, 0.4) is 0 Å². The van der Waals surface area contributed by atoms with Crippen LogP contribution in [0.25, 0.3) is 0 Å². The summed E-state index contributed by atoms with van der Waals surface area (Å²) in [5, 5.41) is 4.03. The van der Waals surface area contributed by atoms with Crippen molar-refractivity contribution in [3.8, 4) is 11.5 Å². The van der Waals surface area contributed by atoms with Gasteiger partial charge in [0, 0.05) is 31.6 Å². The van der Waals surface area contributed by atoms with Crippen molar-refractivity contribution in [3.63, 3.8) is 0 Å². The van der Waals surface area contributed by atoms with Gasteiger partial charge < -0.3 is 24.3 Å². The van der Waals surface area contributed by atoms with E-state index >= 15 is 0 Å². The first-order chi connectivity index (χ1) is 12.7. The van der Waals surface area contributed by atoms with E-state index < -0.39 is 0 Å². The van der Waals surface area contributed by atoms with Crippen molar-refractivity contribution >= 4 is 17.8 Å². The van der Waals surface area contributed by atoms with Crippen LogP contribution in [0.4, 0.5) is 4.79 Å². The molecule has 4 rings (SSSR count). The molecule has 0 atom stereocenters. The minimum absolute atomic E-state index is 0.0637. The van der Waals surface area contributed by atoms with Gasteiger partial charge in [0.2, 0.25) is 0 Å². The van der Waals surface area contributed by atoms with Gasteiger partial charge in [-0.05, 0) is 29.7 Å². The van der Waals surface area contributed by atoms with Crippen molar-refractivity contribution in [2.45, 2.75) is 31.2 Å². The van der Waals surface area contributed by atoms with E-state index in [-0.39, 0.29) is 6.03 Å². The van der Waals surface area contributed by atoms with Gasteiger partial charge in [-0.1, -0.05) is 11.8 Å². The Labute approximate surface area is 156 Å². The predicted octanol–water partition coefficient (Wildman–Crippen LogP) is 2.27. The summed E-state index contributed by atoms with van der Waals surface area (Å²) in [7, 11) is 3.26. The predicted molar refractivity (Wildman–Crippen MR) is 98.8 cm³/mol. The number of hydrogen-bond acceptors (Lipinski definition) is 5. The maximum absolute atomic E-state index is 12.6. The van der Waals surface area contributed by atoms with E-state index in [0.29, 0.717) is 25.4 Å². The summed E-state index contributed by atoms with van der Waals surface area (Å²) < 4.78 is 12.9. The van der Waals surface area contributed by atoms with E-state index in [1.807, 2.05) is 23.2 Å². The summed E-state index contributed by atoms with van der Waals surface area (Å²) in [5.74, 6) is 2.50. The highest BCUT2D eigenvalue weighted by Crippen LogP contribution is 2.33. The topological polar surface area (TPSA) is 68.6 Å². The molecule has 0 bridgehead atoms. The van der Waals surface area contributed by atoms with Crippen molar-refractivity contribution in [1.29, 1.82) is 0 Å². The van der Waals surface area contributed by atoms with Crippen LogP contribution in [0, 0.1) is 0 Å². The quantitative estimate of drug-likeness (QED) is 0.889. The third-order valence-electron chi connectivity index (χ3n) is 4.78. The third kappa shape index (κ3) is 3.21. The Bertz CT molecular complexity index is 815. The van der Waals surface area contributed by atoms with Crippen molar-refractivity contribution in [3.05, 3.63) is 35.2 Å². The standard InChI is InChI=1S/C18H22N4O3S/c1-24-15-7-12-3-4-21(10-13(12)8-16(15)25-2)17(23)19-9-14-11-22-5-6-26-18(22)20-14/h7-8,11H,3-6,9-10H2,1-2H3,(H,19,23). The fourth-order valence-corrected chi connectivity index (χ4v) is 4.34. The van der Waals surface area contributed by atoms with Crippen LogP contribution in [-0.4, -0.2) is 47.0 Å². The molecule has 0 aliphatic carbocycles. The third-order valence-corrected chi connectivity index (χ3v) is 5.75. The van der Waals surface area contributed by atoms with E-state index in [0.717, 1.165) is 40.9 Å². The van der Waals surface area contributed by atoms with Gasteiger partial charge in [0.1, 0.15) is 0 Å². The Kier molecular flexibility index (Phi) is 4.67. The van der Waals surface area contributed by atoms with Gasteiger partial charge in [-0.3, -0.25) is 0 Å². The summed E-state index contributed by atoms with van der Waals surface area (Å²) in [5.41, 5.74) is 3.21. The monoisotopic (exact) mass is 374 g/mol.